The highest BCUT2D eigenvalue weighted by atomic mass is 35.5. The summed E-state index contributed by atoms with van der Waals surface area (Å²) in [6.07, 6.45) is 3.20. The highest BCUT2D eigenvalue weighted by Gasteiger charge is 2.10. The van der Waals surface area contributed by atoms with E-state index < -0.39 is 0 Å². The van der Waals surface area contributed by atoms with Crippen molar-refractivity contribution >= 4 is 23.3 Å². The molecule has 0 spiro atoms. The molecule has 1 aromatic carbocycles. The Labute approximate surface area is 149 Å². The lowest BCUT2D eigenvalue weighted by Gasteiger charge is -2.10. The topological polar surface area (TPSA) is 64.0 Å². The highest BCUT2D eigenvalue weighted by molar-refractivity contribution is 6.31. The van der Waals surface area contributed by atoms with Gasteiger partial charge in [-0.25, -0.2) is 4.98 Å². The number of carbonyl (C=O) groups excluding carboxylic acids is 1. The van der Waals surface area contributed by atoms with Crippen LogP contribution in [0, 0.1) is 6.92 Å². The van der Waals surface area contributed by atoms with Crippen molar-refractivity contribution in [2.45, 2.75) is 13.5 Å². The molecule has 0 saturated carbocycles. The number of halogens is 1. The number of pyridine rings is 2. The number of nitrogens with zero attached hydrogens (tertiary/aromatic N) is 2. The van der Waals surface area contributed by atoms with Crippen LogP contribution in [0.3, 0.4) is 0 Å². The smallest absolute Gasteiger partial charge is 0.258 e. The molecular weight excluding hydrogens is 338 g/mol. The van der Waals surface area contributed by atoms with Gasteiger partial charge in [-0.2, -0.15) is 0 Å². The van der Waals surface area contributed by atoms with E-state index >= 15 is 0 Å². The Hall–Kier alpha value is -2.92. The fourth-order valence-corrected chi connectivity index (χ4v) is 2.53. The van der Waals surface area contributed by atoms with E-state index in [0.717, 1.165) is 11.1 Å². The van der Waals surface area contributed by atoms with Crippen LogP contribution in [0.4, 0.5) is 5.82 Å². The summed E-state index contributed by atoms with van der Waals surface area (Å²) >= 11 is 6.15. The summed E-state index contributed by atoms with van der Waals surface area (Å²) in [6, 6.07) is 13.7. The summed E-state index contributed by atoms with van der Waals surface area (Å²) in [4.78, 5) is 28.6. The largest absolute Gasteiger partial charge is 0.310 e. The number of anilines is 1. The van der Waals surface area contributed by atoms with Crippen LogP contribution in [-0.2, 0) is 6.54 Å². The third kappa shape index (κ3) is 4.14. The van der Waals surface area contributed by atoms with E-state index in [1.165, 1.54) is 22.9 Å². The summed E-state index contributed by atoms with van der Waals surface area (Å²) < 4.78 is 1.46. The summed E-state index contributed by atoms with van der Waals surface area (Å²) in [5.41, 5.74) is 1.98. The molecule has 0 saturated heterocycles. The second-order valence-electron chi connectivity index (χ2n) is 5.65. The SMILES string of the molecule is Cc1ccc(NC(=O)c2ccc(=O)n(Cc3ccccc3Cl)c2)nc1. The van der Waals surface area contributed by atoms with Gasteiger partial charge < -0.3 is 9.88 Å². The molecule has 0 bridgehead atoms. The number of nitrogens with one attached hydrogen (secondary N) is 1. The number of hydrogen-bond donors (Lipinski definition) is 1. The van der Waals surface area contributed by atoms with Crippen molar-refractivity contribution in [1.82, 2.24) is 9.55 Å². The Bertz CT molecular complexity index is 965. The van der Waals surface area contributed by atoms with Gasteiger partial charge in [0.15, 0.2) is 0 Å². The van der Waals surface area contributed by atoms with Crippen molar-refractivity contribution < 1.29 is 4.79 Å². The summed E-state index contributed by atoms with van der Waals surface area (Å²) in [5.74, 6) is 0.128. The molecule has 0 fully saturated rings. The molecule has 0 radical (unpaired) electrons. The van der Waals surface area contributed by atoms with Crippen LogP contribution in [0.25, 0.3) is 0 Å². The molecule has 0 aliphatic rings. The van der Waals surface area contributed by atoms with E-state index in [1.54, 1.807) is 18.3 Å². The first kappa shape index (κ1) is 16.9. The van der Waals surface area contributed by atoms with Crippen LogP contribution in [0.15, 0.2) is 65.7 Å². The Balaban J connectivity index is 1.83. The lowest BCUT2D eigenvalue weighted by atomic mass is 10.2. The van der Waals surface area contributed by atoms with Gasteiger partial charge in [0.2, 0.25) is 0 Å². The second-order valence-corrected chi connectivity index (χ2v) is 6.06. The number of carbonyl (C=O) groups is 1. The van der Waals surface area contributed by atoms with Crippen molar-refractivity contribution in [3.63, 3.8) is 0 Å². The van der Waals surface area contributed by atoms with Gasteiger partial charge in [0.1, 0.15) is 5.82 Å². The van der Waals surface area contributed by atoms with E-state index in [4.69, 9.17) is 11.6 Å². The van der Waals surface area contributed by atoms with E-state index in [-0.39, 0.29) is 11.5 Å². The van der Waals surface area contributed by atoms with Crippen LogP contribution < -0.4 is 10.9 Å². The number of aryl methyl sites for hydroxylation is 1. The molecule has 3 rings (SSSR count). The molecule has 126 valence electrons. The van der Waals surface area contributed by atoms with Crippen LogP contribution in [-0.4, -0.2) is 15.5 Å². The van der Waals surface area contributed by atoms with E-state index in [2.05, 4.69) is 10.3 Å². The summed E-state index contributed by atoms with van der Waals surface area (Å²) in [7, 11) is 0. The maximum atomic E-state index is 12.4. The zero-order chi connectivity index (χ0) is 17.8. The lowest BCUT2D eigenvalue weighted by molar-refractivity contribution is 0.102. The predicted octanol–water partition coefficient (Wildman–Crippen LogP) is 3.51. The predicted molar refractivity (Wildman–Crippen MR) is 98.2 cm³/mol. The minimum Gasteiger partial charge on any atom is -0.310 e. The van der Waals surface area contributed by atoms with Gasteiger partial charge in [-0.05, 0) is 36.2 Å². The van der Waals surface area contributed by atoms with Crippen LogP contribution in [0.2, 0.25) is 5.02 Å². The molecule has 25 heavy (non-hydrogen) atoms. The third-order valence-corrected chi connectivity index (χ3v) is 4.07. The van der Waals surface area contributed by atoms with Gasteiger partial charge in [0.25, 0.3) is 11.5 Å². The normalized spacial score (nSPS) is 10.5. The van der Waals surface area contributed by atoms with Crippen LogP contribution in [0.5, 0.6) is 0 Å². The van der Waals surface area contributed by atoms with Gasteiger partial charge in [-0.15, -0.1) is 0 Å². The first-order valence-corrected chi connectivity index (χ1v) is 8.08. The minimum absolute atomic E-state index is 0.204. The Morgan fingerprint density at radius 1 is 1.16 bits per heavy atom. The highest BCUT2D eigenvalue weighted by Crippen LogP contribution is 2.16. The van der Waals surface area contributed by atoms with Gasteiger partial charge in [-0.3, -0.25) is 9.59 Å². The van der Waals surface area contributed by atoms with Crippen molar-refractivity contribution in [3.05, 3.63) is 93.0 Å². The van der Waals surface area contributed by atoms with Gasteiger partial charge in [0.05, 0.1) is 12.1 Å². The number of benzene rings is 1. The molecule has 6 heteroatoms. The van der Waals surface area contributed by atoms with E-state index in [0.29, 0.717) is 22.9 Å². The Morgan fingerprint density at radius 3 is 2.68 bits per heavy atom. The summed E-state index contributed by atoms with van der Waals surface area (Å²) in [5, 5.41) is 3.29. The molecule has 2 heterocycles. The summed E-state index contributed by atoms with van der Waals surface area (Å²) in [6.45, 7) is 2.21. The first-order valence-electron chi connectivity index (χ1n) is 7.71. The van der Waals surface area contributed by atoms with Gasteiger partial charge in [0, 0.05) is 23.5 Å². The first-order chi connectivity index (χ1) is 12.0. The molecule has 0 aliphatic heterocycles. The molecule has 0 atom stereocenters. The van der Waals surface area contributed by atoms with Crippen LogP contribution >= 0.6 is 11.6 Å². The number of amides is 1. The van der Waals surface area contributed by atoms with E-state index in [9.17, 15) is 9.59 Å². The van der Waals surface area contributed by atoms with E-state index in [1.807, 2.05) is 31.2 Å². The monoisotopic (exact) mass is 353 g/mol. The molecular formula is C19H16ClN3O2. The van der Waals surface area contributed by atoms with Crippen molar-refractivity contribution in [2.75, 3.05) is 5.32 Å². The standard InChI is InChI=1S/C19H16ClN3O2/c1-13-6-8-17(21-10-13)22-19(25)15-7-9-18(24)23(12-15)11-14-4-2-3-5-16(14)20/h2-10,12H,11H2,1H3,(H,21,22,25). The lowest BCUT2D eigenvalue weighted by Crippen LogP contribution is -2.22. The zero-order valence-corrected chi connectivity index (χ0v) is 14.3. The van der Waals surface area contributed by atoms with Gasteiger partial charge in [-0.1, -0.05) is 35.9 Å². The molecule has 0 aliphatic carbocycles. The van der Waals surface area contributed by atoms with Crippen molar-refractivity contribution in [1.29, 1.82) is 0 Å². The average molecular weight is 354 g/mol. The maximum absolute atomic E-state index is 12.4. The molecule has 2 aromatic heterocycles. The third-order valence-electron chi connectivity index (χ3n) is 3.70. The number of rotatable bonds is 4. The Morgan fingerprint density at radius 2 is 1.96 bits per heavy atom. The molecule has 3 aromatic rings. The Kier molecular flexibility index (Phi) is 4.95. The van der Waals surface area contributed by atoms with Gasteiger partial charge >= 0.3 is 0 Å². The molecule has 1 amide bonds. The number of aromatic nitrogens is 2. The minimum atomic E-state index is -0.329. The molecule has 1 N–H and O–H groups in total. The van der Waals surface area contributed by atoms with Crippen molar-refractivity contribution in [3.8, 4) is 0 Å². The van der Waals surface area contributed by atoms with Crippen molar-refractivity contribution in [2.24, 2.45) is 0 Å². The maximum Gasteiger partial charge on any atom is 0.258 e. The average Bonchev–Trinajstić information content (AvgIpc) is 2.60. The number of hydrogen-bond acceptors (Lipinski definition) is 3. The quantitative estimate of drug-likeness (QED) is 0.780. The fourth-order valence-electron chi connectivity index (χ4n) is 2.33. The van der Waals surface area contributed by atoms with Crippen LogP contribution in [0.1, 0.15) is 21.5 Å². The fraction of sp³-hybridized carbons (Fsp3) is 0.105. The molecule has 0 unspecified atom stereocenters. The molecule has 5 nitrogen and oxygen atoms in total. The second kappa shape index (κ2) is 7.32. The zero-order valence-electron chi connectivity index (χ0n) is 13.6.